The molecule has 0 aliphatic heterocycles. The summed E-state index contributed by atoms with van der Waals surface area (Å²) in [6.07, 6.45) is -9.62. The number of hydrogen-bond donors (Lipinski definition) is 0. The quantitative estimate of drug-likeness (QED) is 0.254. The molecule has 0 spiro atoms. The van der Waals surface area contributed by atoms with Gasteiger partial charge in [0.2, 0.25) is 0 Å². The Labute approximate surface area is 227 Å². The van der Waals surface area contributed by atoms with Gasteiger partial charge in [-0.05, 0) is 49.1 Å². The zero-order valence-corrected chi connectivity index (χ0v) is 22.6. The van der Waals surface area contributed by atoms with Crippen LogP contribution < -0.4 is 5.56 Å². The first-order chi connectivity index (χ1) is 18.7. The van der Waals surface area contributed by atoms with Gasteiger partial charge in [0.1, 0.15) is 5.82 Å². The molecule has 0 fully saturated rings. The van der Waals surface area contributed by atoms with Gasteiger partial charge in [0, 0.05) is 19.2 Å². The van der Waals surface area contributed by atoms with Crippen LogP contribution in [0.3, 0.4) is 0 Å². The fraction of sp³-hybridized carbons (Fsp3) is 0.464. The molecule has 0 saturated carbocycles. The lowest BCUT2D eigenvalue weighted by molar-refractivity contribution is -0.143. The lowest BCUT2D eigenvalue weighted by Crippen LogP contribution is -2.40. The summed E-state index contributed by atoms with van der Waals surface area (Å²) in [6, 6.07) is 6.49. The van der Waals surface area contributed by atoms with Crippen LogP contribution in [-0.2, 0) is 23.6 Å². The molecule has 6 nitrogen and oxygen atoms in total. The first-order valence-electron chi connectivity index (χ1n) is 12.8. The number of aromatic nitrogens is 2. The van der Waals surface area contributed by atoms with Crippen LogP contribution in [0.4, 0.5) is 26.3 Å². The van der Waals surface area contributed by atoms with Crippen LogP contribution in [0.1, 0.15) is 67.0 Å². The number of amides is 1. The largest absolute Gasteiger partial charge is 0.416 e. The Morgan fingerprint density at radius 3 is 2.15 bits per heavy atom. The molecule has 1 aromatic heterocycles. The van der Waals surface area contributed by atoms with Crippen LogP contribution in [0.2, 0.25) is 0 Å². The van der Waals surface area contributed by atoms with Crippen molar-refractivity contribution in [2.45, 2.75) is 58.6 Å². The molecule has 2 aromatic carbocycles. The second-order valence-electron chi connectivity index (χ2n) is 9.84. The van der Waals surface area contributed by atoms with E-state index in [1.165, 1.54) is 16.6 Å². The normalized spacial score (nSPS) is 13.2. The number of ether oxygens (including phenoxy) is 1. The third-order valence-corrected chi connectivity index (χ3v) is 6.51. The van der Waals surface area contributed by atoms with Crippen molar-refractivity contribution in [1.82, 2.24) is 14.5 Å². The predicted molar refractivity (Wildman–Crippen MR) is 138 cm³/mol. The minimum Gasteiger partial charge on any atom is -0.383 e. The Morgan fingerprint density at radius 2 is 1.62 bits per heavy atom. The molecule has 0 radical (unpaired) electrons. The van der Waals surface area contributed by atoms with Gasteiger partial charge in [0.25, 0.3) is 11.5 Å². The van der Waals surface area contributed by atoms with Crippen LogP contribution in [0.15, 0.2) is 47.3 Å². The minimum atomic E-state index is -5.11. The molecule has 0 N–H and O–H groups in total. The van der Waals surface area contributed by atoms with E-state index in [1.54, 1.807) is 31.2 Å². The molecule has 0 aliphatic rings. The van der Waals surface area contributed by atoms with Gasteiger partial charge in [-0.25, -0.2) is 4.98 Å². The fourth-order valence-corrected chi connectivity index (χ4v) is 4.42. The molecule has 0 bridgehead atoms. The zero-order chi connectivity index (χ0) is 29.8. The molecular weight excluding hydrogens is 540 g/mol. The van der Waals surface area contributed by atoms with E-state index in [4.69, 9.17) is 4.74 Å². The Morgan fingerprint density at radius 1 is 1.02 bits per heavy atom. The minimum absolute atomic E-state index is 0.0135. The van der Waals surface area contributed by atoms with Crippen LogP contribution in [0.5, 0.6) is 0 Å². The SMILES string of the molecule is CCC(c1nc2ccccc2c(=O)n1CCOC)N(CCC(C)C)C(=O)c1cc(C(F)(F)F)cc(C(F)(F)F)c1. The molecule has 0 aliphatic carbocycles. The summed E-state index contributed by atoms with van der Waals surface area (Å²) < 4.78 is 87.8. The van der Waals surface area contributed by atoms with Crippen LogP contribution in [-0.4, -0.2) is 40.6 Å². The summed E-state index contributed by atoms with van der Waals surface area (Å²) in [5.41, 5.74) is -3.96. The lowest BCUT2D eigenvalue weighted by Gasteiger charge is -2.33. The number of halogens is 6. The number of nitrogens with zero attached hydrogens (tertiary/aromatic N) is 3. The monoisotopic (exact) mass is 571 g/mol. The van der Waals surface area contributed by atoms with Crippen LogP contribution >= 0.6 is 0 Å². The molecule has 3 aromatic rings. The van der Waals surface area contributed by atoms with Gasteiger partial charge in [-0.15, -0.1) is 0 Å². The van der Waals surface area contributed by atoms with Crippen LogP contribution in [0, 0.1) is 5.92 Å². The smallest absolute Gasteiger partial charge is 0.383 e. The zero-order valence-electron chi connectivity index (χ0n) is 22.6. The molecule has 1 unspecified atom stereocenters. The first kappa shape index (κ1) is 31.1. The van der Waals surface area contributed by atoms with Gasteiger partial charge in [-0.3, -0.25) is 14.2 Å². The Hall–Kier alpha value is -3.41. The van der Waals surface area contributed by atoms with Gasteiger partial charge in [0.15, 0.2) is 0 Å². The molecule has 40 heavy (non-hydrogen) atoms. The number of para-hydroxylation sites is 1. The lowest BCUT2D eigenvalue weighted by atomic mass is 10.0. The Bertz CT molecular complexity index is 1370. The summed E-state index contributed by atoms with van der Waals surface area (Å²) in [5, 5.41) is 0.324. The van der Waals surface area contributed by atoms with E-state index in [0.29, 0.717) is 29.5 Å². The summed E-state index contributed by atoms with van der Waals surface area (Å²) in [5.74, 6) is -0.798. The average Bonchev–Trinajstić information content (AvgIpc) is 2.89. The third kappa shape index (κ3) is 7.01. The second-order valence-corrected chi connectivity index (χ2v) is 9.84. The maximum Gasteiger partial charge on any atom is 0.416 e. The number of benzene rings is 2. The number of carbonyl (C=O) groups is 1. The molecule has 1 atom stereocenters. The molecule has 0 saturated heterocycles. The van der Waals surface area contributed by atoms with Crippen molar-refractivity contribution < 1.29 is 35.9 Å². The number of fused-ring (bicyclic) bond motifs is 1. The van der Waals surface area contributed by atoms with E-state index < -0.39 is 46.6 Å². The van der Waals surface area contributed by atoms with E-state index in [-0.39, 0.29) is 43.9 Å². The van der Waals surface area contributed by atoms with Crippen molar-refractivity contribution in [3.63, 3.8) is 0 Å². The Balaban J connectivity index is 2.24. The van der Waals surface area contributed by atoms with Crippen molar-refractivity contribution in [2.75, 3.05) is 20.3 Å². The first-order valence-corrected chi connectivity index (χ1v) is 12.8. The van der Waals surface area contributed by atoms with Gasteiger partial charge in [0.05, 0.1) is 41.2 Å². The number of rotatable bonds is 10. The standard InChI is InChI=1S/C28H31F6N3O3/c1-5-23(24-35-22-9-7-6-8-21(22)26(39)37(24)12-13-40-4)36(11-10-17(2)3)25(38)18-14-19(27(29,30)31)16-20(15-18)28(32,33)34/h6-9,14-17,23H,5,10-13H2,1-4H3. The Kier molecular flexibility index (Phi) is 9.65. The van der Waals surface area contributed by atoms with Crippen molar-refractivity contribution in [1.29, 1.82) is 0 Å². The molecular formula is C28H31F6N3O3. The van der Waals surface area contributed by atoms with Gasteiger partial charge in [-0.2, -0.15) is 26.3 Å². The fourth-order valence-electron chi connectivity index (χ4n) is 4.42. The van der Waals surface area contributed by atoms with Gasteiger partial charge in [-0.1, -0.05) is 32.9 Å². The molecule has 3 rings (SSSR count). The van der Waals surface area contributed by atoms with Gasteiger partial charge >= 0.3 is 12.4 Å². The summed E-state index contributed by atoms with van der Waals surface area (Å²) in [4.78, 5) is 33.1. The van der Waals surface area contributed by atoms with Crippen LogP contribution in [0.25, 0.3) is 10.9 Å². The third-order valence-electron chi connectivity index (χ3n) is 6.51. The maximum atomic E-state index is 13.8. The van der Waals surface area contributed by atoms with Gasteiger partial charge < -0.3 is 9.64 Å². The highest BCUT2D eigenvalue weighted by molar-refractivity contribution is 5.95. The number of carbonyl (C=O) groups excluding carboxylic acids is 1. The molecule has 1 amide bonds. The summed E-state index contributed by atoms with van der Waals surface area (Å²) >= 11 is 0. The highest BCUT2D eigenvalue weighted by Crippen LogP contribution is 2.37. The average molecular weight is 572 g/mol. The van der Waals surface area contributed by atoms with Crippen molar-refractivity contribution in [3.8, 4) is 0 Å². The van der Waals surface area contributed by atoms with E-state index in [2.05, 4.69) is 4.98 Å². The summed E-state index contributed by atoms with van der Waals surface area (Å²) in [6.45, 7) is 5.67. The number of methoxy groups -OCH3 is 1. The maximum absolute atomic E-state index is 13.8. The summed E-state index contributed by atoms with van der Waals surface area (Å²) in [7, 11) is 1.45. The second kappa shape index (κ2) is 12.4. The number of alkyl halides is 6. The van der Waals surface area contributed by atoms with Crippen molar-refractivity contribution in [2.24, 2.45) is 5.92 Å². The van der Waals surface area contributed by atoms with E-state index in [0.717, 1.165) is 0 Å². The van der Waals surface area contributed by atoms with Crippen molar-refractivity contribution >= 4 is 16.8 Å². The highest BCUT2D eigenvalue weighted by atomic mass is 19.4. The van der Waals surface area contributed by atoms with E-state index in [9.17, 15) is 35.9 Å². The van der Waals surface area contributed by atoms with E-state index in [1.807, 2.05) is 13.8 Å². The topological polar surface area (TPSA) is 64.4 Å². The van der Waals surface area contributed by atoms with Crippen molar-refractivity contribution in [3.05, 3.63) is 75.3 Å². The predicted octanol–water partition coefficient (Wildman–Crippen LogP) is 6.72. The molecule has 12 heteroatoms. The highest BCUT2D eigenvalue weighted by Gasteiger charge is 2.39. The molecule has 218 valence electrons. The number of hydrogen-bond acceptors (Lipinski definition) is 4. The van der Waals surface area contributed by atoms with E-state index >= 15 is 0 Å². The molecule has 1 heterocycles.